The van der Waals surface area contributed by atoms with Gasteiger partial charge in [-0.25, -0.2) is 0 Å². The van der Waals surface area contributed by atoms with E-state index in [0.717, 1.165) is 63.7 Å². The molecule has 0 heterocycles. The molecule has 0 amide bonds. The molecule has 320 valence electrons. The fourth-order valence-electron chi connectivity index (χ4n) is 7.16. The minimum atomic E-state index is -0.759. The average molecular weight is 765 g/mol. The molecule has 1 atom stereocenters. The first-order valence-corrected chi connectivity index (χ1v) is 23.9. The molecule has 0 fully saturated rings. The van der Waals surface area contributed by atoms with Crippen LogP contribution in [0.2, 0.25) is 0 Å². The molecule has 0 saturated heterocycles. The first-order valence-electron chi connectivity index (χ1n) is 23.9. The van der Waals surface area contributed by atoms with Crippen LogP contribution in [0.25, 0.3) is 0 Å². The molecule has 0 saturated carbocycles. The number of hydrogen-bond donors (Lipinski definition) is 0. The van der Waals surface area contributed by atoms with E-state index in [-0.39, 0.29) is 31.1 Å². The Morgan fingerprint density at radius 1 is 0.352 bits per heavy atom. The van der Waals surface area contributed by atoms with Crippen molar-refractivity contribution in [3.63, 3.8) is 0 Å². The van der Waals surface area contributed by atoms with Crippen molar-refractivity contribution in [1.29, 1.82) is 0 Å². The number of rotatable bonds is 43. The molecule has 0 aromatic heterocycles. The van der Waals surface area contributed by atoms with Crippen LogP contribution in [0.1, 0.15) is 265 Å². The summed E-state index contributed by atoms with van der Waals surface area (Å²) in [5.41, 5.74) is 0. The van der Waals surface area contributed by atoms with Crippen LogP contribution in [0, 0.1) is 5.92 Å². The van der Waals surface area contributed by atoms with Gasteiger partial charge in [0.05, 0.1) is 0 Å². The summed E-state index contributed by atoms with van der Waals surface area (Å²) in [6.45, 7) is 8.98. The Hall–Kier alpha value is -1.59. The summed E-state index contributed by atoms with van der Waals surface area (Å²) >= 11 is 0. The summed E-state index contributed by atoms with van der Waals surface area (Å²) in [7, 11) is 0. The van der Waals surface area contributed by atoms with Gasteiger partial charge in [0.2, 0.25) is 0 Å². The van der Waals surface area contributed by atoms with Crippen molar-refractivity contribution in [3.8, 4) is 0 Å². The third kappa shape index (κ3) is 41.6. The molecule has 0 spiro atoms. The van der Waals surface area contributed by atoms with Crippen LogP contribution in [0.15, 0.2) is 0 Å². The maximum atomic E-state index is 12.7. The van der Waals surface area contributed by atoms with Gasteiger partial charge in [-0.1, -0.05) is 227 Å². The Balaban J connectivity index is 4.33. The van der Waals surface area contributed by atoms with Crippen molar-refractivity contribution in [2.24, 2.45) is 5.92 Å². The van der Waals surface area contributed by atoms with Gasteiger partial charge < -0.3 is 14.2 Å². The van der Waals surface area contributed by atoms with Crippen molar-refractivity contribution in [1.82, 2.24) is 0 Å². The first kappa shape index (κ1) is 52.4. The van der Waals surface area contributed by atoms with E-state index >= 15 is 0 Å². The lowest BCUT2D eigenvalue weighted by Crippen LogP contribution is -2.30. The van der Waals surface area contributed by atoms with Crippen LogP contribution < -0.4 is 0 Å². The maximum absolute atomic E-state index is 12.7. The van der Waals surface area contributed by atoms with Gasteiger partial charge >= 0.3 is 17.9 Å². The van der Waals surface area contributed by atoms with Crippen molar-refractivity contribution in [3.05, 3.63) is 0 Å². The van der Waals surface area contributed by atoms with E-state index in [9.17, 15) is 14.4 Å². The molecule has 54 heavy (non-hydrogen) atoms. The molecular formula is C48H92O6. The zero-order valence-electron chi connectivity index (χ0n) is 36.7. The maximum Gasteiger partial charge on any atom is 0.306 e. The molecule has 0 rings (SSSR count). The van der Waals surface area contributed by atoms with Gasteiger partial charge in [0.1, 0.15) is 13.2 Å². The number of carbonyl (C=O) groups is 3. The molecule has 0 aromatic rings. The highest BCUT2D eigenvalue weighted by Crippen LogP contribution is 2.16. The van der Waals surface area contributed by atoms with Gasteiger partial charge in [0.15, 0.2) is 6.10 Å². The lowest BCUT2D eigenvalue weighted by Gasteiger charge is -2.18. The van der Waals surface area contributed by atoms with Crippen LogP contribution in [0.5, 0.6) is 0 Å². The SMILES string of the molecule is CCCCCCCCCCCCCCC(=O)OC[C@H](COC(=O)CCCCCCCCCCCC(C)C)OC(=O)CCCCCCCCCCCCCC. The monoisotopic (exact) mass is 765 g/mol. The van der Waals surface area contributed by atoms with E-state index in [0.29, 0.717) is 19.3 Å². The minimum absolute atomic E-state index is 0.0635. The van der Waals surface area contributed by atoms with Gasteiger partial charge in [-0.2, -0.15) is 0 Å². The van der Waals surface area contributed by atoms with Crippen LogP contribution in [0.3, 0.4) is 0 Å². The normalized spacial score (nSPS) is 11.9. The molecule has 6 nitrogen and oxygen atoms in total. The number of hydrogen-bond acceptors (Lipinski definition) is 6. The lowest BCUT2D eigenvalue weighted by molar-refractivity contribution is -0.167. The number of unbranched alkanes of at least 4 members (excludes halogenated alkanes) is 30. The van der Waals surface area contributed by atoms with Crippen LogP contribution >= 0.6 is 0 Å². The predicted molar refractivity (Wildman–Crippen MR) is 229 cm³/mol. The highest BCUT2D eigenvalue weighted by Gasteiger charge is 2.19. The quantitative estimate of drug-likeness (QED) is 0.0349. The second kappa shape index (κ2) is 42.6. The summed E-state index contributed by atoms with van der Waals surface area (Å²) < 4.78 is 16.7. The molecule has 0 aliphatic rings. The highest BCUT2D eigenvalue weighted by molar-refractivity contribution is 5.71. The second-order valence-corrected chi connectivity index (χ2v) is 16.9. The second-order valence-electron chi connectivity index (χ2n) is 16.9. The van der Waals surface area contributed by atoms with E-state index in [4.69, 9.17) is 14.2 Å². The van der Waals surface area contributed by atoms with Gasteiger partial charge in [0, 0.05) is 19.3 Å². The molecule has 0 bridgehead atoms. The van der Waals surface area contributed by atoms with Crippen molar-refractivity contribution < 1.29 is 28.6 Å². The lowest BCUT2D eigenvalue weighted by atomic mass is 10.0. The van der Waals surface area contributed by atoms with Crippen molar-refractivity contribution in [2.75, 3.05) is 13.2 Å². The third-order valence-corrected chi connectivity index (χ3v) is 10.8. The average Bonchev–Trinajstić information content (AvgIpc) is 3.15. The summed E-state index contributed by atoms with van der Waals surface area (Å²) in [4.78, 5) is 37.8. The summed E-state index contributed by atoms with van der Waals surface area (Å²) in [5, 5.41) is 0. The fraction of sp³-hybridized carbons (Fsp3) is 0.938. The fourth-order valence-corrected chi connectivity index (χ4v) is 7.16. The Morgan fingerprint density at radius 3 is 0.907 bits per heavy atom. The number of ether oxygens (including phenoxy) is 3. The third-order valence-electron chi connectivity index (χ3n) is 10.8. The summed E-state index contributed by atoms with van der Waals surface area (Å²) in [6.07, 6.45) is 42.2. The highest BCUT2D eigenvalue weighted by atomic mass is 16.6. The van der Waals surface area contributed by atoms with Gasteiger partial charge in [-0.15, -0.1) is 0 Å². The molecule has 0 N–H and O–H groups in total. The van der Waals surface area contributed by atoms with Crippen LogP contribution in [0.4, 0.5) is 0 Å². The molecular weight excluding hydrogens is 673 g/mol. The van der Waals surface area contributed by atoms with Crippen molar-refractivity contribution >= 4 is 17.9 Å². The van der Waals surface area contributed by atoms with Crippen molar-refractivity contribution in [2.45, 2.75) is 271 Å². The smallest absolute Gasteiger partial charge is 0.306 e. The molecule has 0 aliphatic carbocycles. The standard InChI is InChI=1S/C48H92O6/c1-5-7-9-11-13-15-17-19-23-27-31-35-39-46(49)52-42-45(54-48(51)41-37-33-29-24-20-18-16-14-12-10-8-6-2)43-53-47(50)40-36-32-28-25-21-22-26-30-34-38-44(3)4/h44-45H,5-43H2,1-4H3/t45-/m1/s1. The molecule has 6 heteroatoms. The number of esters is 3. The van der Waals surface area contributed by atoms with E-state index in [1.807, 2.05) is 0 Å². The van der Waals surface area contributed by atoms with E-state index in [1.54, 1.807) is 0 Å². The summed E-state index contributed by atoms with van der Waals surface area (Å²) in [5.74, 6) is -0.0427. The summed E-state index contributed by atoms with van der Waals surface area (Å²) in [6, 6.07) is 0. The molecule has 0 unspecified atom stereocenters. The van der Waals surface area contributed by atoms with Crippen LogP contribution in [-0.2, 0) is 28.6 Å². The Morgan fingerprint density at radius 2 is 0.611 bits per heavy atom. The first-order chi connectivity index (χ1) is 26.4. The van der Waals surface area contributed by atoms with Gasteiger partial charge in [-0.05, 0) is 25.2 Å². The van der Waals surface area contributed by atoms with Crippen LogP contribution in [-0.4, -0.2) is 37.2 Å². The van der Waals surface area contributed by atoms with Gasteiger partial charge in [-0.3, -0.25) is 14.4 Å². The zero-order chi connectivity index (χ0) is 39.6. The number of carbonyl (C=O) groups excluding carboxylic acids is 3. The molecule has 0 aliphatic heterocycles. The predicted octanol–water partition coefficient (Wildman–Crippen LogP) is 15.1. The largest absolute Gasteiger partial charge is 0.462 e. The molecule has 0 radical (unpaired) electrons. The Labute approximate surface area is 336 Å². The van der Waals surface area contributed by atoms with E-state index in [1.165, 1.54) is 161 Å². The minimum Gasteiger partial charge on any atom is -0.462 e. The zero-order valence-corrected chi connectivity index (χ0v) is 36.7. The van der Waals surface area contributed by atoms with E-state index in [2.05, 4.69) is 27.7 Å². The molecule has 0 aromatic carbocycles. The van der Waals surface area contributed by atoms with Gasteiger partial charge in [0.25, 0.3) is 0 Å². The Kier molecular flexibility index (Phi) is 41.3. The van der Waals surface area contributed by atoms with E-state index < -0.39 is 6.10 Å². The topological polar surface area (TPSA) is 78.9 Å². The Bertz CT molecular complexity index is 811.